The molecule has 2 aliphatic rings. The molecule has 2 aliphatic carbocycles. The van der Waals surface area contributed by atoms with Crippen LogP contribution in [0, 0.1) is 23.2 Å². The van der Waals surface area contributed by atoms with Crippen molar-refractivity contribution in [1.82, 2.24) is 9.88 Å². The van der Waals surface area contributed by atoms with Gasteiger partial charge in [-0.05, 0) is 50.4 Å². The number of hydrogen-bond acceptors (Lipinski definition) is 5. The van der Waals surface area contributed by atoms with Crippen molar-refractivity contribution in [3.05, 3.63) is 23.2 Å². The molecule has 1 aromatic rings. The van der Waals surface area contributed by atoms with Crippen LogP contribution in [0.3, 0.4) is 0 Å². The van der Waals surface area contributed by atoms with Crippen LogP contribution >= 0.6 is 11.3 Å². The Labute approximate surface area is 179 Å². The van der Waals surface area contributed by atoms with Gasteiger partial charge >= 0.3 is 0 Å². The van der Waals surface area contributed by atoms with Crippen LogP contribution < -0.4 is 5.32 Å². The Bertz CT molecular complexity index is 744. The lowest BCUT2D eigenvalue weighted by molar-refractivity contribution is -0.144. The Morgan fingerprint density at radius 3 is 2.79 bits per heavy atom. The Balaban J connectivity index is 1.84. The van der Waals surface area contributed by atoms with Gasteiger partial charge in [0.1, 0.15) is 0 Å². The number of rotatable bonds is 7. The molecular weight excluding hydrogens is 382 g/mol. The van der Waals surface area contributed by atoms with Crippen molar-refractivity contribution in [2.75, 3.05) is 25.0 Å². The van der Waals surface area contributed by atoms with Crippen LogP contribution in [0.15, 0.2) is 12.7 Å². The summed E-state index contributed by atoms with van der Waals surface area (Å²) in [5, 5.41) is 15.8. The molecule has 0 radical (unpaired) electrons. The lowest BCUT2D eigenvalue weighted by Gasteiger charge is -2.53. The van der Waals surface area contributed by atoms with Gasteiger partial charge in [0.05, 0.1) is 11.8 Å². The molecule has 1 fully saturated rings. The van der Waals surface area contributed by atoms with E-state index in [2.05, 4.69) is 25.7 Å². The lowest BCUT2D eigenvalue weighted by atomic mass is 9.53. The highest BCUT2D eigenvalue weighted by atomic mass is 32.1. The molecule has 6 atom stereocenters. The van der Waals surface area contributed by atoms with Gasteiger partial charge in [0, 0.05) is 36.3 Å². The minimum absolute atomic E-state index is 0.0159. The van der Waals surface area contributed by atoms with Crippen molar-refractivity contribution in [1.29, 1.82) is 0 Å². The van der Waals surface area contributed by atoms with Crippen LogP contribution in [0.1, 0.15) is 63.9 Å². The zero-order valence-electron chi connectivity index (χ0n) is 18.6. The van der Waals surface area contributed by atoms with Gasteiger partial charge in [0.15, 0.2) is 5.13 Å². The number of aliphatic hydroxyl groups is 1. The van der Waals surface area contributed by atoms with E-state index < -0.39 is 6.10 Å². The van der Waals surface area contributed by atoms with Gasteiger partial charge in [-0.25, -0.2) is 4.98 Å². The molecule has 0 aliphatic heterocycles. The van der Waals surface area contributed by atoms with E-state index in [0.29, 0.717) is 6.54 Å². The van der Waals surface area contributed by atoms with Crippen LogP contribution in [0.2, 0.25) is 0 Å². The summed E-state index contributed by atoms with van der Waals surface area (Å²) < 4.78 is 0. The van der Waals surface area contributed by atoms with E-state index in [1.165, 1.54) is 4.88 Å². The molecule has 5 nitrogen and oxygen atoms in total. The van der Waals surface area contributed by atoms with E-state index in [-0.39, 0.29) is 35.0 Å². The average Bonchev–Trinajstić information content (AvgIpc) is 3.09. The van der Waals surface area contributed by atoms with E-state index in [4.69, 9.17) is 4.98 Å². The van der Waals surface area contributed by atoms with Gasteiger partial charge in [0.2, 0.25) is 5.91 Å². The van der Waals surface area contributed by atoms with Gasteiger partial charge in [-0.3, -0.25) is 4.79 Å². The molecule has 3 rings (SSSR count). The Kier molecular flexibility index (Phi) is 6.74. The number of nitrogens with zero attached hydrogens (tertiary/aromatic N) is 2. The molecule has 29 heavy (non-hydrogen) atoms. The second kappa shape index (κ2) is 8.76. The second-order valence-electron chi connectivity index (χ2n) is 9.13. The molecular formula is C23H37N3O2S. The highest BCUT2D eigenvalue weighted by molar-refractivity contribution is 7.15. The van der Waals surface area contributed by atoms with Gasteiger partial charge in [-0.15, -0.1) is 17.9 Å². The minimum atomic E-state index is -0.474. The number of nitrogens with one attached hydrogen (secondary N) is 1. The second-order valence-corrected chi connectivity index (χ2v) is 10.2. The van der Waals surface area contributed by atoms with E-state index in [9.17, 15) is 9.90 Å². The predicted molar refractivity (Wildman–Crippen MR) is 120 cm³/mol. The number of aromatic nitrogens is 1. The van der Waals surface area contributed by atoms with E-state index in [0.717, 1.165) is 43.2 Å². The number of hydrogen-bond donors (Lipinski definition) is 2. The molecule has 2 N–H and O–H groups in total. The van der Waals surface area contributed by atoms with Crippen LogP contribution in [0.25, 0.3) is 0 Å². The Hall–Kier alpha value is -1.40. The summed E-state index contributed by atoms with van der Waals surface area (Å²) in [6.07, 6.45) is 4.29. The third-order valence-corrected chi connectivity index (χ3v) is 8.46. The number of amides is 1. The third-order valence-electron chi connectivity index (χ3n) is 7.43. The number of carbonyl (C=O) groups excluding carboxylic acids is 1. The SMILES string of the molecule is C=CCNc1nc2c(s1)C[C@@]1(C)CC[C@H]([C@H](C)C(=O)N(CC)CC)[C@H](O)[C@H]1[C@@H]2C. The first kappa shape index (κ1) is 22.3. The predicted octanol–water partition coefficient (Wildman–Crippen LogP) is 4.30. The van der Waals surface area contributed by atoms with E-state index in [1.54, 1.807) is 11.3 Å². The highest BCUT2D eigenvalue weighted by Crippen LogP contribution is 2.57. The van der Waals surface area contributed by atoms with Gasteiger partial charge in [-0.2, -0.15) is 0 Å². The molecule has 0 bridgehead atoms. The third kappa shape index (κ3) is 3.98. The van der Waals surface area contributed by atoms with Crippen molar-refractivity contribution in [2.45, 2.75) is 65.9 Å². The molecule has 0 unspecified atom stereocenters. The summed E-state index contributed by atoms with van der Waals surface area (Å²) in [7, 11) is 0. The lowest BCUT2D eigenvalue weighted by Crippen LogP contribution is -2.53. The molecule has 1 aromatic heterocycles. The maximum Gasteiger partial charge on any atom is 0.225 e. The highest BCUT2D eigenvalue weighted by Gasteiger charge is 2.54. The minimum Gasteiger partial charge on any atom is -0.392 e. The van der Waals surface area contributed by atoms with Crippen molar-refractivity contribution < 1.29 is 9.90 Å². The van der Waals surface area contributed by atoms with Gasteiger partial charge < -0.3 is 15.3 Å². The molecule has 6 heteroatoms. The zero-order valence-corrected chi connectivity index (χ0v) is 19.4. The quantitative estimate of drug-likeness (QED) is 0.647. The smallest absolute Gasteiger partial charge is 0.225 e. The molecule has 0 saturated heterocycles. The first-order valence-electron chi connectivity index (χ1n) is 11.1. The summed E-state index contributed by atoms with van der Waals surface area (Å²) in [6, 6.07) is 0. The van der Waals surface area contributed by atoms with Gasteiger partial charge in [-0.1, -0.05) is 26.8 Å². The van der Waals surface area contributed by atoms with Crippen molar-refractivity contribution >= 4 is 22.4 Å². The zero-order chi connectivity index (χ0) is 21.3. The van der Waals surface area contributed by atoms with E-state index in [1.807, 2.05) is 31.7 Å². The fourth-order valence-corrected chi connectivity index (χ4v) is 7.06. The number of carbonyl (C=O) groups is 1. The maximum absolute atomic E-state index is 13.0. The summed E-state index contributed by atoms with van der Waals surface area (Å²) in [5.74, 6) is 0.365. The molecule has 1 saturated carbocycles. The normalized spacial score (nSPS) is 32.1. The van der Waals surface area contributed by atoms with Gasteiger partial charge in [0.25, 0.3) is 0 Å². The fourth-order valence-electron chi connectivity index (χ4n) is 5.79. The number of aliphatic hydroxyl groups excluding tert-OH is 1. The van der Waals surface area contributed by atoms with Crippen LogP contribution in [-0.4, -0.2) is 46.6 Å². The fraction of sp³-hybridized carbons (Fsp3) is 0.739. The van der Waals surface area contributed by atoms with E-state index >= 15 is 0 Å². The first-order chi connectivity index (χ1) is 13.8. The van der Waals surface area contributed by atoms with Crippen molar-refractivity contribution in [3.63, 3.8) is 0 Å². The standard InChI is InChI=1S/C23H37N3O2S/c1-7-12-24-22-25-19-15(5)18-20(27)16(14(4)21(28)26(8-2)9-3)10-11-23(18,6)13-17(19)29-22/h7,14-16,18,20,27H,1,8-13H2,2-6H3,(H,24,25)/t14-,15-,16+,18+,20-,23+/m0/s1. The summed E-state index contributed by atoms with van der Waals surface area (Å²) >= 11 is 1.74. The van der Waals surface area contributed by atoms with Crippen LogP contribution in [0.5, 0.6) is 0 Å². The van der Waals surface area contributed by atoms with Crippen LogP contribution in [-0.2, 0) is 11.2 Å². The number of thiazole rings is 1. The first-order valence-corrected chi connectivity index (χ1v) is 11.9. The monoisotopic (exact) mass is 419 g/mol. The van der Waals surface area contributed by atoms with Crippen LogP contribution in [0.4, 0.5) is 5.13 Å². The average molecular weight is 420 g/mol. The van der Waals surface area contributed by atoms with Crippen molar-refractivity contribution in [2.24, 2.45) is 23.2 Å². The molecule has 162 valence electrons. The Morgan fingerprint density at radius 2 is 2.17 bits per heavy atom. The summed E-state index contributed by atoms with van der Waals surface area (Å²) in [4.78, 5) is 21.1. The molecule has 1 amide bonds. The van der Waals surface area contributed by atoms with Crippen molar-refractivity contribution in [3.8, 4) is 0 Å². The Morgan fingerprint density at radius 1 is 1.48 bits per heavy atom. The summed E-state index contributed by atoms with van der Waals surface area (Å²) in [6.45, 7) is 16.5. The number of anilines is 1. The number of fused-ring (bicyclic) bond motifs is 2. The molecule has 1 heterocycles. The maximum atomic E-state index is 13.0. The largest absolute Gasteiger partial charge is 0.392 e. The summed E-state index contributed by atoms with van der Waals surface area (Å²) in [5.41, 5.74) is 1.19. The topological polar surface area (TPSA) is 65.5 Å². The molecule has 0 spiro atoms. The molecule has 0 aromatic carbocycles.